The Morgan fingerprint density at radius 3 is 2.50 bits per heavy atom. The largest absolute Gasteiger partial charge is 0.381 e. The Labute approximate surface area is 142 Å². The summed E-state index contributed by atoms with van der Waals surface area (Å²) < 4.78 is 4.76. The molecule has 0 aliphatic heterocycles. The quantitative estimate of drug-likeness (QED) is 0.485. The molecule has 122 valence electrons. The zero-order valence-corrected chi connectivity index (χ0v) is 13.1. The molecule has 8 heteroatoms. The number of hydroxylamine groups is 1. The van der Waals surface area contributed by atoms with Gasteiger partial charge in [-0.15, -0.1) is 0 Å². The van der Waals surface area contributed by atoms with E-state index < -0.39 is 5.91 Å². The molecule has 0 aliphatic carbocycles. The highest BCUT2D eigenvalue weighted by Gasteiger charge is 2.15. The van der Waals surface area contributed by atoms with Gasteiger partial charge in [0.15, 0.2) is 0 Å². The highest BCUT2D eigenvalue weighted by Crippen LogP contribution is 2.18. The minimum atomic E-state index is -0.850. The Balaban J connectivity index is 1.65. The summed E-state index contributed by atoms with van der Waals surface area (Å²) in [4.78, 5) is 15.1. The standard InChI is InChI=1S/C16H13ClN4O3/c17-12-5-7-13(8-6-12)18-9-10-1-3-11(4-2-10)14-19-16(24-21-14)15(22)20-23/h1-8,18,23H,9H2,(H,20,22). The van der Waals surface area contributed by atoms with Gasteiger partial charge in [0.25, 0.3) is 0 Å². The number of nitrogens with zero attached hydrogens (tertiary/aromatic N) is 2. The van der Waals surface area contributed by atoms with Crippen molar-refractivity contribution in [3.05, 3.63) is 65.0 Å². The molecule has 0 bridgehead atoms. The summed E-state index contributed by atoms with van der Waals surface area (Å²) in [7, 11) is 0. The Bertz CT molecular complexity index is 831. The van der Waals surface area contributed by atoms with Crippen LogP contribution in [0.1, 0.15) is 16.2 Å². The molecule has 0 radical (unpaired) electrons. The molecule has 1 heterocycles. The van der Waals surface area contributed by atoms with E-state index in [4.69, 9.17) is 21.3 Å². The van der Waals surface area contributed by atoms with Crippen LogP contribution in [-0.2, 0) is 6.54 Å². The number of rotatable bonds is 5. The minimum Gasteiger partial charge on any atom is -0.381 e. The van der Waals surface area contributed by atoms with Crippen LogP contribution in [-0.4, -0.2) is 21.3 Å². The molecule has 0 unspecified atom stereocenters. The van der Waals surface area contributed by atoms with Gasteiger partial charge in [-0.3, -0.25) is 10.0 Å². The number of halogens is 1. The first-order valence-corrected chi connectivity index (χ1v) is 7.40. The monoisotopic (exact) mass is 344 g/mol. The van der Waals surface area contributed by atoms with Crippen LogP contribution in [0.25, 0.3) is 11.4 Å². The first-order chi connectivity index (χ1) is 11.7. The number of anilines is 1. The summed E-state index contributed by atoms with van der Waals surface area (Å²) >= 11 is 5.85. The second-order valence-corrected chi connectivity index (χ2v) is 5.36. The van der Waals surface area contributed by atoms with Crippen LogP contribution in [0.3, 0.4) is 0 Å². The number of carbonyl (C=O) groups is 1. The minimum absolute atomic E-state index is 0.269. The Hall–Kier alpha value is -2.90. The Morgan fingerprint density at radius 1 is 1.12 bits per heavy atom. The maximum absolute atomic E-state index is 11.2. The molecule has 0 fully saturated rings. The van der Waals surface area contributed by atoms with E-state index in [1.165, 1.54) is 5.48 Å². The van der Waals surface area contributed by atoms with Crippen molar-refractivity contribution in [2.75, 3.05) is 5.32 Å². The van der Waals surface area contributed by atoms with Crippen LogP contribution < -0.4 is 10.8 Å². The molecule has 3 rings (SSSR count). The summed E-state index contributed by atoms with van der Waals surface area (Å²) in [6.45, 7) is 0.645. The average Bonchev–Trinajstić information content (AvgIpc) is 3.11. The topological polar surface area (TPSA) is 100 Å². The number of aromatic nitrogens is 2. The van der Waals surface area contributed by atoms with Crippen LogP contribution >= 0.6 is 11.6 Å². The lowest BCUT2D eigenvalue weighted by atomic mass is 10.1. The molecule has 0 atom stereocenters. The van der Waals surface area contributed by atoms with Crippen molar-refractivity contribution in [3.63, 3.8) is 0 Å². The number of hydrogen-bond donors (Lipinski definition) is 3. The van der Waals surface area contributed by atoms with E-state index in [0.717, 1.165) is 11.3 Å². The second kappa shape index (κ2) is 7.12. The summed E-state index contributed by atoms with van der Waals surface area (Å²) in [5, 5.41) is 16.2. The van der Waals surface area contributed by atoms with Gasteiger partial charge in [0.05, 0.1) is 0 Å². The lowest BCUT2D eigenvalue weighted by Crippen LogP contribution is -2.18. The highest BCUT2D eigenvalue weighted by molar-refractivity contribution is 6.30. The van der Waals surface area contributed by atoms with Gasteiger partial charge < -0.3 is 9.84 Å². The number of amides is 1. The summed E-state index contributed by atoms with van der Waals surface area (Å²) in [6, 6.07) is 14.9. The third kappa shape index (κ3) is 3.70. The van der Waals surface area contributed by atoms with Gasteiger partial charge in [0, 0.05) is 22.8 Å². The van der Waals surface area contributed by atoms with Crippen LogP contribution in [0.5, 0.6) is 0 Å². The smallest absolute Gasteiger partial charge is 0.333 e. The molecule has 1 amide bonds. The molecular formula is C16H13ClN4O3. The fraction of sp³-hybridized carbons (Fsp3) is 0.0625. The van der Waals surface area contributed by atoms with Gasteiger partial charge in [-0.2, -0.15) is 4.98 Å². The molecule has 7 nitrogen and oxygen atoms in total. The lowest BCUT2D eigenvalue weighted by molar-refractivity contribution is 0.0659. The van der Waals surface area contributed by atoms with Gasteiger partial charge in [-0.1, -0.05) is 41.0 Å². The third-order valence-corrected chi connectivity index (χ3v) is 3.53. The molecule has 3 N–H and O–H groups in total. The van der Waals surface area contributed by atoms with E-state index in [0.29, 0.717) is 17.1 Å². The highest BCUT2D eigenvalue weighted by atomic mass is 35.5. The summed E-state index contributed by atoms with van der Waals surface area (Å²) in [6.07, 6.45) is 0. The van der Waals surface area contributed by atoms with Gasteiger partial charge in [0.2, 0.25) is 5.82 Å². The van der Waals surface area contributed by atoms with Gasteiger partial charge in [-0.05, 0) is 29.8 Å². The molecule has 0 saturated carbocycles. The van der Waals surface area contributed by atoms with Crippen molar-refractivity contribution in [1.82, 2.24) is 15.6 Å². The first-order valence-electron chi connectivity index (χ1n) is 7.02. The average molecular weight is 345 g/mol. The zero-order valence-electron chi connectivity index (χ0n) is 12.4. The molecule has 2 aromatic carbocycles. The molecule has 0 aliphatic rings. The van der Waals surface area contributed by atoms with E-state index >= 15 is 0 Å². The predicted octanol–water partition coefficient (Wildman–Crippen LogP) is 3.12. The van der Waals surface area contributed by atoms with Crippen LogP contribution in [0.4, 0.5) is 5.69 Å². The van der Waals surface area contributed by atoms with Crippen molar-refractivity contribution in [1.29, 1.82) is 0 Å². The second-order valence-electron chi connectivity index (χ2n) is 4.92. The molecule has 0 saturated heterocycles. The molecular weight excluding hydrogens is 332 g/mol. The molecule has 1 aromatic heterocycles. The fourth-order valence-corrected chi connectivity index (χ4v) is 2.15. The van der Waals surface area contributed by atoms with Gasteiger partial charge >= 0.3 is 11.8 Å². The van der Waals surface area contributed by atoms with E-state index in [1.807, 2.05) is 48.5 Å². The van der Waals surface area contributed by atoms with E-state index in [9.17, 15) is 4.79 Å². The maximum Gasteiger partial charge on any atom is 0.333 e. The number of hydrogen-bond acceptors (Lipinski definition) is 6. The fourth-order valence-electron chi connectivity index (χ4n) is 2.02. The number of nitrogens with one attached hydrogen (secondary N) is 2. The van der Waals surface area contributed by atoms with Crippen LogP contribution in [0.2, 0.25) is 5.02 Å². The summed E-state index contributed by atoms with van der Waals surface area (Å²) in [5.41, 5.74) is 4.17. The van der Waals surface area contributed by atoms with Crippen molar-refractivity contribution >= 4 is 23.2 Å². The summed E-state index contributed by atoms with van der Waals surface area (Å²) in [5.74, 6) is -0.885. The van der Waals surface area contributed by atoms with Crippen LogP contribution in [0, 0.1) is 0 Å². The Morgan fingerprint density at radius 2 is 1.83 bits per heavy atom. The normalized spacial score (nSPS) is 10.4. The lowest BCUT2D eigenvalue weighted by Gasteiger charge is -2.07. The van der Waals surface area contributed by atoms with E-state index in [2.05, 4.69) is 15.5 Å². The zero-order chi connectivity index (χ0) is 16.9. The maximum atomic E-state index is 11.2. The van der Waals surface area contributed by atoms with E-state index in [1.54, 1.807) is 0 Å². The molecule has 0 spiro atoms. The molecule has 24 heavy (non-hydrogen) atoms. The van der Waals surface area contributed by atoms with Crippen molar-refractivity contribution < 1.29 is 14.5 Å². The molecule has 3 aromatic rings. The van der Waals surface area contributed by atoms with Crippen molar-refractivity contribution in [3.8, 4) is 11.4 Å². The SMILES string of the molecule is O=C(NO)c1nc(-c2ccc(CNc3ccc(Cl)cc3)cc2)no1. The third-order valence-electron chi connectivity index (χ3n) is 3.27. The van der Waals surface area contributed by atoms with Crippen LogP contribution in [0.15, 0.2) is 53.1 Å². The van der Waals surface area contributed by atoms with Crippen molar-refractivity contribution in [2.45, 2.75) is 6.54 Å². The Kier molecular flexibility index (Phi) is 4.74. The predicted molar refractivity (Wildman–Crippen MR) is 87.8 cm³/mol. The number of carbonyl (C=O) groups excluding carboxylic acids is 1. The van der Waals surface area contributed by atoms with Gasteiger partial charge in [-0.25, -0.2) is 5.48 Å². The van der Waals surface area contributed by atoms with Crippen molar-refractivity contribution in [2.24, 2.45) is 0 Å². The van der Waals surface area contributed by atoms with Gasteiger partial charge in [0.1, 0.15) is 0 Å². The van der Waals surface area contributed by atoms with E-state index in [-0.39, 0.29) is 11.7 Å². The number of benzene rings is 2. The first kappa shape index (κ1) is 16.0.